The molecular weight excluding hydrogens is 252 g/mol. The molecule has 2 amide bonds. The van der Waals surface area contributed by atoms with Crippen LogP contribution in [0.25, 0.3) is 0 Å². The third-order valence-electron chi connectivity index (χ3n) is 2.29. The molecule has 4 nitrogen and oxygen atoms in total. The van der Waals surface area contributed by atoms with Gasteiger partial charge in [-0.05, 0) is 36.4 Å². The van der Waals surface area contributed by atoms with Gasteiger partial charge in [-0.3, -0.25) is 5.21 Å². The van der Waals surface area contributed by atoms with Gasteiger partial charge in [0.1, 0.15) is 0 Å². The number of anilines is 2. The van der Waals surface area contributed by atoms with E-state index in [1.807, 2.05) is 0 Å². The number of nitrogens with zero attached hydrogens (tertiary/aromatic N) is 1. The summed E-state index contributed by atoms with van der Waals surface area (Å²) >= 11 is 5.73. The zero-order chi connectivity index (χ0) is 13.0. The summed E-state index contributed by atoms with van der Waals surface area (Å²) in [5, 5.41) is 13.4. The summed E-state index contributed by atoms with van der Waals surface area (Å²) in [7, 11) is 0. The number of carbonyl (C=O) groups is 1. The highest BCUT2D eigenvalue weighted by molar-refractivity contribution is 6.30. The van der Waals surface area contributed by atoms with Gasteiger partial charge in [0, 0.05) is 10.7 Å². The molecule has 0 aliphatic rings. The summed E-state index contributed by atoms with van der Waals surface area (Å²) < 4.78 is 0. The van der Waals surface area contributed by atoms with Crippen molar-refractivity contribution < 1.29 is 10.0 Å². The summed E-state index contributed by atoms with van der Waals surface area (Å²) in [4.78, 5) is 11.7. The summed E-state index contributed by atoms with van der Waals surface area (Å²) in [6.45, 7) is 0. The number of hydroxylamine groups is 1. The summed E-state index contributed by atoms with van der Waals surface area (Å²) in [5.74, 6) is 0. The average molecular weight is 263 g/mol. The monoisotopic (exact) mass is 262 g/mol. The van der Waals surface area contributed by atoms with Crippen LogP contribution in [0.15, 0.2) is 54.6 Å². The lowest BCUT2D eigenvalue weighted by Crippen LogP contribution is -2.31. The second kappa shape index (κ2) is 5.53. The van der Waals surface area contributed by atoms with Gasteiger partial charge in [0.25, 0.3) is 0 Å². The van der Waals surface area contributed by atoms with Gasteiger partial charge < -0.3 is 5.32 Å². The first-order valence-corrected chi connectivity index (χ1v) is 5.65. The minimum Gasteiger partial charge on any atom is -0.306 e. The van der Waals surface area contributed by atoms with Crippen molar-refractivity contribution in [1.82, 2.24) is 0 Å². The van der Waals surface area contributed by atoms with Gasteiger partial charge in [-0.25, -0.2) is 4.79 Å². The second-order valence-electron chi connectivity index (χ2n) is 3.58. The number of amides is 2. The highest BCUT2D eigenvalue weighted by Crippen LogP contribution is 2.16. The first kappa shape index (κ1) is 12.4. The van der Waals surface area contributed by atoms with Crippen molar-refractivity contribution in [3.05, 3.63) is 59.6 Å². The molecule has 0 aromatic heterocycles. The van der Waals surface area contributed by atoms with Crippen molar-refractivity contribution in [2.24, 2.45) is 0 Å². The lowest BCUT2D eigenvalue weighted by molar-refractivity contribution is 0.216. The Bertz CT molecular complexity index is 528. The molecule has 2 rings (SSSR count). The summed E-state index contributed by atoms with van der Waals surface area (Å²) in [6.07, 6.45) is 0. The number of benzene rings is 2. The molecule has 0 unspecified atom stereocenters. The van der Waals surface area contributed by atoms with Crippen LogP contribution >= 0.6 is 11.6 Å². The number of rotatable bonds is 2. The fourth-order valence-electron chi connectivity index (χ4n) is 1.40. The maximum absolute atomic E-state index is 11.7. The molecule has 0 bridgehead atoms. The van der Waals surface area contributed by atoms with Crippen LogP contribution in [0.4, 0.5) is 16.2 Å². The average Bonchev–Trinajstić information content (AvgIpc) is 2.41. The predicted molar refractivity (Wildman–Crippen MR) is 71.2 cm³/mol. The molecule has 92 valence electrons. The second-order valence-corrected chi connectivity index (χ2v) is 4.02. The number of hydrogen-bond donors (Lipinski definition) is 2. The maximum Gasteiger partial charge on any atom is 0.350 e. The molecule has 0 aliphatic heterocycles. The van der Waals surface area contributed by atoms with Crippen LogP contribution in [0.2, 0.25) is 5.02 Å². The lowest BCUT2D eigenvalue weighted by atomic mass is 10.3. The fourth-order valence-corrected chi connectivity index (χ4v) is 1.52. The maximum atomic E-state index is 11.7. The molecule has 5 heteroatoms. The Balaban J connectivity index is 2.06. The van der Waals surface area contributed by atoms with Crippen molar-refractivity contribution in [3.8, 4) is 0 Å². The molecule has 2 aromatic carbocycles. The van der Waals surface area contributed by atoms with Gasteiger partial charge in [-0.2, -0.15) is 5.06 Å². The fraction of sp³-hybridized carbons (Fsp3) is 0. The highest BCUT2D eigenvalue weighted by Gasteiger charge is 2.12. The molecule has 0 atom stereocenters. The molecule has 2 N–H and O–H groups in total. The lowest BCUT2D eigenvalue weighted by Gasteiger charge is -2.15. The van der Waals surface area contributed by atoms with Crippen LogP contribution in [0, 0.1) is 0 Å². The van der Waals surface area contributed by atoms with Gasteiger partial charge >= 0.3 is 6.03 Å². The van der Waals surface area contributed by atoms with E-state index in [2.05, 4.69) is 5.32 Å². The van der Waals surface area contributed by atoms with Crippen molar-refractivity contribution in [1.29, 1.82) is 0 Å². The molecule has 18 heavy (non-hydrogen) atoms. The van der Waals surface area contributed by atoms with Crippen molar-refractivity contribution in [2.45, 2.75) is 0 Å². The molecular formula is C13H11ClN2O2. The molecule has 0 spiro atoms. The SMILES string of the molecule is O=C(Nc1ccc(Cl)cc1)N(O)c1ccccc1. The Hall–Kier alpha value is -2.04. The largest absolute Gasteiger partial charge is 0.350 e. The number of nitrogens with one attached hydrogen (secondary N) is 1. The van der Waals surface area contributed by atoms with Crippen molar-refractivity contribution >= 4 is 29.0 Å². The smallest absolute Gasteiger partial charge is 0.306 e. The van der Waals surface area contributed by atoms with Gasteiger partial charge in [0.15, 0.2) is 0 Å². The van der Waals surface area contributed by atoms with Crippen molar-refractivity contribution in [3.63, 3.8) is 0 Å². The van der Waals surface area contributed by atoms with Crippen LogP contribution in [-0.4, -0.2) is 11.2 Å². The molecule has 0 radical (unpaired) electrons. The van der Waals surface area contributed by atoms with E-state index < -0.39 is 6.03 Å². The minimum absolute atomic E-state index is 0.393. The zero-order valence-corrected chi connectivity index (χ0v) is 10.1. The van der Waals surface area contributed by atoms with Crippen molar-refractivity contribution in [2.75, 3.05) is 10.4 Å². The Kier molecular flexibility index (Phi) is 3.82. The minimum atomic E-state index is -0.636. The molecule has 0 fully saturated rings. The van der Waals surface area contributed by atoms with Crippen LogP contribution in [-0.2, 0) is 0 Å². The Morgan fingerprint density at radius 3 is 2.28 bits per heavy atom. The summed E-state index contributed by atoms with van der Waals surface area (Å²) in [5.41, 5.74) is 0.948. The molecule has 0 aliphatic carbocycles. The number of halogens is 1. The Labute approximate surface area is 109 Å². The van der Waals surface area contributed by atoms with E-state index in [0.29, 0.717) is 21.5 Å². The van der Waals surface area contributed by atoms with Crippen LogP contribution in [0.1, 0.15) is 0 Å². The highest BCUT2D eigenvalue weighted by atomic mass is 35.5. The van der Waals surface area contributed by atoms with Crippen LogP contribution < -0.4 is 10.4 Å². The molecule has 2 aromatic rings. The standard InChI is InChI=1S/C13H11ClN2O2/c14-10-6-8-11(9-7-10)15-13(17)16(18)12-4-2-1-3-5-12/h1-9,18H,(H,15,17). The first-order valence-electron chi connectivity index (χ1n) is 5.27. The van der Waals surface area contributed by atoms with Gasteiger partial charge in [-0.1, -0.05) is 29.8 Å². The topological polar surface area (TPSA) is 52.6 Å². The first-order chi connectivity index (χ1) is 8.66. The number of carbonyl (C=O) groups excluding carboxylic acids is 1. The Morgan fingerprint density at radius 1 is 1.06 bits per heavy atom. The molecule has 0 saturated carbocycles. The molecule has 0 heterocycles. The van der Waals surface area contributed by atoms with Gasteiger partial charge in [-0.15, -0.1) is 0 Å². The summed E-state index contributed by atoms with van der Waals surface area (Å²) in [6, 6.07) is 14.5. The van der Waals surface area contributed by atoms with E-state index in [1.54, 1.807) is 54.6 Å². The van der Waals surface area contributed by atoms with Gasteiger partial charge in [0.05, 0.1) is 5.69 Å². The van der Waals surface area contributed by atoms with Crippen LogP contribution in [0.3, 0.4) is 0 Å². The van der Waals surface area contributed by atoms with E-state index >= 15 is 0 Å². The van der Waals surface area contributed by atoms with E-state index in [9.17, 15) is 10.0 Å². The third-order valence-corrected chi connectivity index (χ3v) is 2.54. The zero-order valence-electron chi connectivity index (χ0n) is 9.38. The van der Waals surface area contributed by atoms with E-state index in [-0.39, 0.29) is 0 Å². The third kappa shape index (κ3) is 3.00. The van der Waals surface area contributed by atoms with E-state index in [0.717, 1.165) is 0 Å². The Morgan fingerprint density at radius 2 is 1.67 bits per heavy atom. The number of para-hydroxylation sites is 1. The van der Waals surface area contributed by atoms with E-state index in [1.165, 1.54) is 0 Å². The predicted octanol–water partition coefficient (Wildman–Crippen LogP) is 3.77. The van der Waals surface area contributed by atoms with Gasteiger partial charge in [0.2, 0.25) is 0 Å². The normalized spacial score (nSPS) is 9.89. The molecule has 0 saturated heterocycles. The number of urea groups is 1. The quantitative estimate of drug-likeness (QED) is 0.639. The number of hydrogen-bond acceptors (Lipinski definition) is 2. The van der Waals surface area contributed by atoms with Crippen LogP contribution in [0.5, 0.6) is 0 Å². The van der Waals surface area contributed by atoms with E-state index in [4.69, 9.17) is 11.6 Å².